The minimum Gasteiger partial charge on any atom is -0.495 e. The number of methoxy groups -OCH3 is 1. The van der Waals surface area contributed by atoms with Crippen LogP contribution in [0.3, 0.4) is 0 Å². The van der Waals surface area contributed by atoms with E-state index >= 15 is 0 Å². The number of hydrogen-bond donors (Lipinski definition) is 1. The number of esters is 1. The summed E-state index contributed by atoms with van der Waals surface area (Å²) in [4.78, 5) is 27.1. The summed E-state index contributed by atoms with van der Waals surface area (Å²) in [5, 5.41) is 3.36. The lowest BCUT2D eigenvalue weighted by atomic mass is 9.95. The second-order valence-electron chi connectivity index (χ2n) is 8.33. The summed E-state index contributed by atoms with van der Waals surface area (Å²) in [6.07, 6.45) is 3.51. The highest BCUT2D eigenvalue weighted by atomic mass is 35.5. The highest BCUT2D eigenvalue weighted by molar-refractivity contribution is 7.92. The Kier molecular flexibility index (Phi) is 8.41. The predicted molar refractivity (Wildman–Crippen MR) is 145 cm³/mol. The number of benzene rings is 2. The van der Waals surface area contributed by atoms with Crippen LogP contribution in [0.15, 0.2) is 53.4 Å². The molecule has 1 N–H and O–H groups in total. The van der Waals surface area contributed by atoms with Gasteiger partial charge >= 0.3 is 5.97 Å². The molecule has 0 fully saturated rings. The number of nitrogens with zero attached hydrogens (tertiary/aromatic N) is 1. The first kappa shape index (κ1) is 27.0. The van der Waals surface area contributed by atoms with E-state index in [4.69, 9.17) is 21.1 Å². The lowest BCUT2D eigenvalue weighted by molar-refractivity contribution is -0.114. The maximum atomic E-state index is 13.6. The monoisotopic (exact) mass is 562 g/mol. The number of fused-ring (bicyclic) bond motifs is 1. The van der Waals surface area contributed by atoms with E-state index in [2.05, 4.69) is 5.32 Å². The third-order valence-corrected chi connectivity index (χ3v) is 9.24. The van der Waals surface area contributed by atoms with Crippen LogP contribution in [0, 0.1) is 0 Å². The topological polar surface area (TPSA) is 102 Å². The molecule has 0 saturated heterocycles. The summed E-state index contributed by atoms with van der Waals surface area (Å²) in [6, 6.07) is 12.3. The van der Waals surface area contributed by atoms with Gasteiger partial charge in [-0.2, -0.15) is 0 Å². The number of aryl methyl sites for hydroxylation is 1. The van der Waals surface area contributed by atoms with Gasteiger partial charge in [-0.15, -0.1) is 11.3 Å². The Bertz CT molecular complexity index is 1410. The average molecular weight is 563 g/mol. The van der Waals surface area contributed by atoms with Gasteiger partial charge in [-0.25, -0.2) is 13.2 Å². The zero-order valence-corrected chi connectivity index (χ0v) is 22.8. The molecule has 3 aromatic rings. The van der Waals surface area contributed by atoms with Gasteiger partial charge in [0.05, 0.1) is 34.9 Å². The van der Waals surface area contributed by atoms with E-state index in [9.17, 15) is 18.0 Å². The second kappa shape index (κ2) is 11.5. The molecule has 0 unspecified atom stereocenters. The Hall–Kier alpha value is -3.08. The van der Waals surface area contributed by atoms with E-state index in [1.54, 1.807) is 25.1 Å². The summed E-state index contributed by atoms with van der Waals surface area (Å²) in [6.45, 7) is 1.39. The van der Waals surface area contributed by atoms with E-state index in [1.165, 1.54) is 48.8 Å². The van der Waals surface area contributed by atoms with Crippen molar-refractivity contribution in [1.82, 2.24) is 0 Å². The van der Waals surface area contributed by atoms with Gasteiger partial charge in [0.1, 0.15) is 17.3 Å². The molecule has 0 bridgehead atoms. The number of ether oxygens (including phenoxy) is 2. The van der Waals surface area contributed by atoms with E-state index in [-0.39, 0.29) is 22.2 Å². The van der Waals surface area contributed by atoms with Crippen molar-refractivity contribution in [3.63, 3.8) is 0 Å². The Morgan fingerprint density at radius 3 is 2.51 bits per heavy atom. The van der Waals surface area contributed by atoms with E-state index in [0.717, 1.165) is 40.4 Å². The number of nitrogens with one attached hydrogen (secondary N) is 1. The smallest absolute Gasteiger partial charge is 0.341 e. The Morgan fingerprint density at radius 2 is 1.84 bits per heavy atom. The van der Waals surface area contributed by atoms with Crippen LogP contribution in [0.2, 0.25) is 5.02 Å². The van der Waals surface area contributed by atoms with Crippen LogP contribution in [-0.4, -0.2) is 40.6 Å². The quantitative estimate of drug-likeness (QED) is 0.355. The van der Waals surface area contributed by atoms with Crippen LogP contribution in [0.4, 0.5) is 10.7 Å². The Balaban J connectivity index is 1.69. The first-order valence-corrected chi connectivity index (χ1v) is 14.4. The van der Waals surface area contributed by atoms with Gasteiger partial charge in [-0.05, 0) is 68.5 Å². The summed E-state index contributed by atoms with van der Waals surface area (Å²) in [5.41, 5.74) is 1.46. The highest BCUT2D eigenvalue weighted by Crippen LogP contribution is 2.39. The minimum atomic E-state index is -4.13. The van der Waals surface area contributed by atoms with Crippen molar-refractivity contribution < 1.29 is 27.5 Å². The van der Waals surface area contributed by atoms with Crippen molar-refractivity contribution in [1.29, 1.82) is 0 Å². The third kappa shape index (κ3) is 5.76. The zero-order chi connectivity index (χ0) is 26.6. The van der Waals surface area contributed by atoms with E-state index in [0.29, 0.717) is 16.3 Å². The zero-order valence-electron chi connectivity index (χ0n) is 20.5. The van der Waals surface area contributed by atoms with Crippen molar-refractivity contribution in [3.8, 4) is 5.75 Å². The van der Waals surface area contributed by atoms with Gasteiger partial charge in [0, 0.05) is 4.88 Å². The lowest BCUT2D eigenvalue weighted by Crippen LogP contribution is -2.38. The molecular formula is C26H27ClN2O6S2. The first-order valence-electron chi connectivity index (χ1n) is 11.8. The maximum Gasteiger partial charge on any atom is 0.341 e. The molecule has 2 aromatic carbocycles. The van der Waals surface area contributed by atoms with Crippen LogP contribution in [0.5, 0.6) is 5.75 Å². The fourth-order valence-corrected chi connectivity index (χ4v) is 7.19. The Morgan fingerprint density at radius 1 is 1.11 bits per heavy atom. The molecule has 1 amide bonds. The Labute approximate surface area is 225 Å². The minimum absolute atomic E-state index is 0.0218. The predicted octanol–water partition coefficient (Wildman–Crippen LogP) is 5.30. The van der Waals surface area contributed by atoms with E-state index < -0.39 is 28.4 Å². The number of hydrogen-bond acceptors (Lipinski definition) is 7. The number of rotatable bonds is 9. The largest absolute Gasteiger partial charge is 0.495 e. The summed E-state index contributed by atoms with van der Waals surface area (Å²) >= 11 is 7.62. The molecule has 0 radical (unpaired) electrons. The van der Waals surface area contributed by atoms with Gasteiger partial charge in [0.25, 0.3) is 10.0 Å². The van der Waals surface area contributed by atoms with Crippen molar-refractivity contribution in [2.75, 3.05) is 29.9 Å². The number of carbonyl (C=O) groups is 2. The molecule has 0 aliphatic heterocycles. The number of carbonyl (C=O) groups excluding carboxylic acids is 2. The van der Waals surface area contributed by atoms with Crippen LogP contribution >= 0.6 is 22.9 Å². The summed E-state index contributed by atoms with van der Waals surface area (Å²) in [7, 11) is -2.68. The lowest BCUT2D eigenvalue weighted by Gasteiger charge is -2.24. The normalized spacial score (nSPS) is 12.9. The van der Waals surface area contributed by atoms with Gasteiger partial charge in [-0.1, -0.05) is 29.8 Å². The molecule has 1 heterocycles. The number of sulfonamides is 1. The van der Waals surface area contributed by atoms with Gasteiger partial charge in [0.2, 0.25) is 5.91 Å². The number of amides is 1. The highest BCUT2D eigenvalue weighted by Gasteiger charge is 2.30. The molecule has 0 spiro atoms. The van der Waals surface area contributed by atoms with Crippen LogP contribution in [0.25, 0.3) is 0 Å². The standard InChI is InChI=1S/C26H27ClN2O6S2/c1-3-35-26(31)24-19-11-7-8-12-22(19)36-25(24)28-23(30)16-29(17-13-14-21(34-2)20(27)15-17)37(32,33)18-9-5-4-6-10-18/h4-6,9-10,13-15H,3,7-8,11-12,16H2,1-2H3,(H,28,30). The van der Waals surface area contributed by atoms with Crippen molar-refractivity contribution >= 4 is 55.5 Å². The van der Waals surface area contributed by atoms with Gasteiger partial charge in [-0.3, -0.25) is 9.10 Å². The SMILES string of the molecule is CCOC(=O)c1c(NC(=O)CN(c2ccc(OC)c(Cl)c2)S(=O)(=O)c2ccccc2)sc2c1CCCC2. The van der Waals surface area contributed by atoms with Crippen molar-refractivity contribution in [2.45, 2.75) is 37.5 Å². The number of thiophene rings is 1. The molecule has 8 nitrogen and oxygen atoms in total. The van der Waals surface area contributed by atoms with Crippen LogP contribution in [-0.2, 0) is 32.4 Å². The van der Waals surface area contributed by atoms with Crippen molar-refractivity contribution in [3.05, 3.63) is 69.6 Å². The molecule has 0 saturated carbocycles. The molecule has 1 aliphatic carbocycles. The van der Waals surface area contributed by atoms with Gasteiger partial charge < -0.3 is 14.8 Å². The average Bonchev–Trinajstić information content (AvgIpc) is 3.25. The maximum absolute atomic E-state index is 13.6. The third-order valence-electron chi connectivity index (χ3n) is 5.95. The molecule has 37 heavy (non-hydrogen) atoms. The van der Waals surface area contributed by atoms with Crippen molar-refractivity contribution in [2.24, 2.45) is 0 Å². The van der Waals surface area contributed by atoms with E-state index in [1.807, 2.05) is 0 Å². The molecule has 1 aromatic heterocycles. The van der Waals surface area contributed by atoms with Crippen LogP contribution in [0.1, 0.15) is 40.6 Å². The molecule has 1 aliphatic rings. The fourth-order valence-electron chi connectivity index (χ4n) is 4.21. The molecule has 196 valence electrons. The summed E-state index contributed by atoms with van der Waals surface area (Å²) < 4.78 is 38.6. The number of anilines is 2. The second-order valence-corrected chi connectivity index (χ2v) is 11.7. The van der Waals surface area contributed by atoms with Gasteiger partial charge in [0.15, 0.2) is 0 Å². The summed E-state index contributed by atoms with van der Waals surface area (Å²) in [5.74, 6) is -0.723. The molecular weight excluding hydrogens is 536 g/mol. The molecule has 4 rings (SSSR count). The fraction of sp³-hybridized carbons (Fsp3) is 0.308. The van der Waals surface area contributed by atoms with Crippen LogP contribution < -0.4 is 14.4 Å². The molecule has 0 atom stereocenters. The first-order chi connectivity index (χ1) is 17.8. The molecule has 11 heteroatoms. The number of halogens is 1.